The minimum absolute atomic E-state index is 0.0999. The van der Waals surface area contributed by atoms with E-state index in [9.17, 15) is 5.11 Å². The van der Waals surface area contributed by atoms with E-state index in [0.717, 1.165) is 11.3 Å². The number of benzene rings is 1. The average molecular weight is 280 g/mol. The summed E-state index contributed by atoms with van der Waals surface area (Å²) < 4.78 is 0. The lowest BCUT2D eigenvalue weighted by molar-refractivity contribution is 0.131. The molecule has 2 heteroatoms. The molecule has 0 radical (unpaired) electrons. The van der Waals surface area contributed by atoms with E-state index < -0.39 is 0 Å². The van der Waals surface area contributed by atoms with Crippen LogP contribution >= 0.6 is 11.8 Å². The maximum Gasteiger partial charge on any atom is 0.0913 e. The normalized spacial score (nSPS) is 15.3. The third kappa shape index (κ3) is 5.19. The van der Waals surface area contributed by atoms with Crippen molar-refractivity contribution >= 4 is 11.8 Å². The minimum atomic E-state index is -0.387. The van der Waals surface area contributed by atoms with Gasteiger partial charge in [-0.2, -0.15) is 11.8 Å². The van der Waals surface area contributed by atoms with Gasteiger partial charge >= 0.3 is 0 Å². The molecule has 1 aromatic rings. The number of unbranched alkanes of at least 4 members (excludes halogenated alkanes) is 1. The number of rotatable bonds is 6. The summed E-state index contributed by atoms with van der Waals surface area (Å²) in [5.74, 6) is 1.13. The molecule has 2 atom stereocenters. The van der Waals surface area contributed by atoms with E-state index in [1.807, 2.05) is 11.8 Å². The van der Waals surface area contributed by atoms with E-state index in [0.29, 0.717) is 0 Å². The van der Waals surface area contributed by atoms with Crippen molar-refractivity contribution in [3.8, 4) is 0 Å². The van der Waals surface area contributed by atoms with E-state index in [1.54, 1.807) is 0 Å². The molecular weight excluding hydrogens is 252 g/mol. The number of hydrogen-bond acceptors (Lipinski definition) is 2. The predicted octanol–water partition coefficient (Wildman–Crippen LogP) is 4.98. The molecule has 0 saturated carbocycles. The van der Waals surface area contributed by atoms with Crippen molar-refractivity contribution in [3.63, 3.8) is 0 Å². The van der Waals surface area contributed by atoms with Gasteiger partial charge in [-0.1, -0.05) is 63.9 Å². The van der Waals surface area contributed by atoms with Crippen LogP contribution in [-0.2, 0) is 0 Å². The fourth-order valence-electron chi connectivity index (χ4n) is 2.11. The molecule has 1 N–H and O–H groups in total. The van der Waals surface area contributed by atoms with E-state index >= 15 is 0 Å². The molecule has 19 heavy (non-hydrogen) atoms. The lowest BCUT2D eigenvalue weighted by atomic mass is 9.86. The number of thioether (sulfide) groups is 1. The van der Waals surface area contributed by atoms with Gasteiger partial charge in [0.1, 0.15) is 0 Å². The summed E-state index contributed by atoms with van der Waals surface area (Å²) in [5.41, 5.74) is 2.37. The van der Waals surface area contributed by atoms with Crippen LogP contribution in [-0.4, -0.2) is 16.1 Å². The zero-order valence-electron chi connectivity index (χ0n) is 12.9. The molecular formula is C17H28OS. The van der Waals surface area contributed by atoms with E-state index in [4.69, 9.17) is 0 Å². The zero-order valence-corrected chi connectivity index (χ0v) is 13.8. The lowest BCUT2D eigenvalue weighted by Crippen LogP contribution is -2.30. The van der Waals surface area contributed by atoms with Crippen molar-refractivity contribution < 1.29 is 5.11 Å². The monoisotopic (exact) mass is 280 g/mol. The summed E-state index contributed by atoms with van der Waals surface area (Å²) in [7, 11) is 0. The molecule has 0 heterocycles. The second kappa shape index (κ2) is 7.35. The second-order valence-corrected chi connectivity index (χ2v) is 7.62. The largest absolute Gasteiger partial charge is 0.387 e. The number of aryl methyl sites for hydroxylation is 1. The SMILES string of the molecule is CCCCSC(C(O)c1ccc(C)cc1)C(C)(C)C. The highest BCUT2D eigenvalue weighted by atomic mass is 32.2. The van der Waals surface area contributed by atoms with Crippen molar-refractivity contribution in [3.05, 3.63) is 35.4 Å². The number of aliphatic hydroxyl groups is 1. The lowest BCUT2D eigenvalue weighted by Gasteiger charge is -2.34. The van der Waals surface area contributed by atoms with Crippen LogP contribution in [0.1, 0.15) is 57.8 Å². The molecule has 0 aliphatic carbocycles. The van der Waals surface area contributed by atoms with Crippen molar-refractivity contribution in [2.24, 2.45) is 5.41 Å². The Morgan fingerprint density at radius 3 is 2.21 bits per heavy atom. The standard InChI is InChI=1S/C17H28OS/c1-6-7-12-19-16(17(3,4)5)15(18)14-10-8-13(2)9-11-14/h8-11,15-16,18H,6-7,12H2,1-5H3. The smallest absolute Gasteiger partial charge is 0.0913 e. The van der Waals surface area contributed by atoms with Crippen LogP contribution in [0.2, 0.25) is 0 Å². The Labute approximate surface area is 122 Å². The third-order valence-electron chi connectivity index (χ3n) is 3.35. The van der Waals surface area contributed by atoms with Crippen LogP contribution < -0.4 is 0 Å². The summed E-state index contributed by atoms with van der Waals surface area (Å²) in [5, 5.41) is 10.9. The minimum Gasteiger partial charge on any atom is -0.387 e. The van der Waals surface area contributed by atoms with Crippen molar-refractivity contribution in [2.75, 3.05) is 5.75 Å². The maximum atomic E-state index is 10.7. The first kappa shape index (κ1) is 16.6. The van der Waals surface area contributed by atoms with Gasteiger partial charge in [-0.3, -0.25) is 0 Å². The highest BCUT2D eigenvalue weighted by Gasteiger charge is 2.32. The fourth-order valence-corrected chi connectivity index (χ4v) is 3.66. The van der Waals surface area contributed by atoms with E-state index in [2.05, 4.69) is 58.9 Å². The number of aliphatic hydroxyl groups excluding tert-OH is 1. The van der Waals surface area contributed by atoms with Crippen molar-refractivity contribution in [2.45, 2.75) is 58.8 Å². The molecule has 1 aromatic carbocycles. The van der Waals surface area contributed by atoms with Gasteiger partial charge in [0.2, 0.25) is 0 Å². The Kier molecular flexibility index (Phi) is 6.41. The zero-order chi connectivity index (χ0) is 14.5. The third-order valence-corrected chi connectivity index (χ3v) is 5.20. The molecule has 0 saturated heterocycles. The van der Waals surface area contributed by atoms with Gasteiger partial charge in [-0.15, -0.1) is 0 Å². The Morgan fingerprint density at radius 2 is 1.74 bits per heavy atom. The number of hydrogen-bond donors (Lipinski definition) is 1. The highest BCUT2D eigenvalue weighted by molar-refractivity contribution is 7.99. The van der Waals surface area contributed by atoms with Crippen LogP contribution in [0.3, 0.4) is 0 Å². The predicted molar refractivity (Wildman–Crippen MR) is 86.7 cm³/mol. The Bertz CT molecular complexity index is 364. The van der Waals surface area contributed by atoms with Crippen LogP contribution in [0.5, 0.6) is 0 Å². The summed E-state index contributed by atoms with van der Waals surface area (Å²) in [4.78, 5) is 0. The van der Waals surface area contributed by atoms with Crippen LogP contribution in [0.15, 0.2) is 24.3 Å². The summed E-state index contributed by atoms with van der Waals surface area (Å²) in [6.07, 6.45) is 2.05. The summed E-state index contributed by atoms with van der Waals surface area (Å²) >= 11 is 1.91. The van der Waals surface area contributed by atoms with Gasteiger partial charge in [-0.05, 0) is 30.1 Å². The summed E-state index contributed by atoms with van der Waals surface area (Å²) in [6, 6.07) is 8.27. The van der Waals surface area contributed by atoms with Crippen LogP contribution in [0, 0.1) is 12.3 Å². The first-order valence-corrected chi connectivity index (χ1v) is 8.27. The fraction of sp³-hybridized carbons (Fsp3) is 0.647. The van der Waals surface area contributed by atoms with Gasteiger partial charge < -0.3 is 5.11 Å². The van der Waals surface area contributed by atoms with Crippen LogP contribution in [0.4, 0.5) is 0 Å². The molecule has 108 valence electrons. The van der Waals surface area contributed by atoms with Crippen molar-refractivity contribution in [1.29, 1.82) is 0 Å². The topological polar surface area (TPSA) is 20.2 Å². The van der Waals surface area contributed by atoms with E-state index in [1.165, 1.54) is 18.4 Å². The molecule has 1 rings (SSSR count). The molecule has 1 nitrogen and oxygen atoms in total. The van der Waals surface area contributed by atoms with Crippen LogP contribution in [0.25, 0.3) is 0 Å². The Morgan fingerprint density at radius 1 is 1.16 bits per heavy atom. The molecule has 0 spiro atoms. The summed E-state index contributed by atoms with van der Waals surface area (Å²) in [6.45, 7) is 10.9. The molecule has 2 unspecified atom stereocenters. The van der Waals surface area contributed by atoms with E-state index in [-0.39, 0.29) is 16.8 Å². The maximum absolute atomic E-state index is 10.7. The van der Waals surface area contributed by atoms with Gasteiger partial charge in [0, 0.05) is 5.25 Å². The van der Waals surface area contributed by atoms with Gasteiger partial charge in [0.15, 0.2) is 0 Å². The average Bonchev–Trinajstić information content (AvgIpc) is 2.33. The van der Waals surface area contributed by atoms with Gasteiger partial charge in [0.25, 0.3) is 0 Å². The molecule has 0 aliphatic heterocycles. The Balaban J connectivity index is 2.81. The first-order valence-electron chi connectivity index (χ1n) is 7.22. The molecule has 0 fully saturated rings. The van der Waals surface area contributed by atoms with Gasteiger partial charge in [0.05, 0.1) is 6.10 Å². The first-order chi connectivity index (χ1) is 8.86. The Hall–Kier alpha value is -0.470. The second-order valence-electron chi connectivity index (χ2n) is 6.37. The van der Waals surface area contributed by atoms with Crippen molar-refractivity contribution in [1.82, 2.24) is 0 Å². The quantitative estimate of drug-likeness (QED) is 0.742. The highest BCUT2D eigenvalue weighted by Crippen LogP contribution is 2.39. The molecule has 0 aromatic heterocycles. The molecule has 0 amide bonds. The van der Waals surface area contributed by atoms with Gasteiger partial charge in [-0.25, -0.2) is 0 Å². The molecule has 0 bridgehead atoms. The molecule has 0 aliphatic rings.